The zero-order valence-electron chi connectivity index (χ0n) is 19.1. The first-order chi connectivity index (χ1) is 15.8. The summed E-state index contributed by atoms with van der Waals surface area (Å²) in [6.07, 6.45) is 2.15. The van der Waals surface area contributed by atoms with Gasteiger partial charge in [0.2, 0.25) is 0 Å². The van der Waals surface area contributed by atoms with E-state index in [0.717, 1.165) is 16.8 Å². The van der Waals surface area contributed by atoms with Gasteiger partial charge in [-0.3, -0.25) is 9.48 Å². The first-order valence-electron chi connectivity index (χ1n) is 10.5. The molecule has 0 unspecified atom stereocenters. The zero-order chi connectivity index (χ0) is 23.7. The van der Waals surface area contributed by atoms with Crippen LogP contribution in [0.5, 0.6) is 0 Å². The van der Waals surface area contributed by atoms with Crippen molar-refractivity contribution in [2.24, 2.45) is 7.05 Å². The molecule has 3 heterocycles. The number of nitrogens with one attached hydrogen (secondary N) is 2. The Morgan fingerprint density at radius 1 is 1.12 bits per heavy atom. The Kier molecular flexibility index (Phi) is 5.91. The van der Waals surface area contributed by atoms with E-state index in [2.05, 4.69) is 30.8 Å². The second-order valence-corrected chi connectivity index (χ2v) is 7.58. The van der Waals surface area contributed by atoms with E-state index in [1.54, 1.807) is 41.5 Å². The van der Waals surface area contributed by atoms with Crippen molar-refractivity contribution in [3.63, 3.8) is 0 Å². The molecular formula is C23H25FN8O. The van der Waals surface area contributed by atoms with Gasteiger partial charge in [-0.15, -0.1) is 0 Å². The van der Waals surface area contributed by atoms with Crippen LogP contribution in [0.2, 0.25) is 0 Å². The molecule has 1 aromatic carbocycles. The van der Waals surface area contributed by atoms with Gasteiger partial charge in [-0.05, 0) is 44.5 Å². The summed E-state index contributed by atoms with van der Waals surface area (Å²) >= 11 is 0. The van der Waals surface area contributed by atoms with E-state index in [9.17, 15) is 9.18 Å². The summed E-state index contributed by atoms with van der Waals surface area (Å²) in [6.45, 7) is 5.65. The Labute approximate surface area is 190 Å². The molecule has 10 heteroatoms. The van der Waals surface area contributed by atoms with Gasteiger partial charge in [-0.2, -0.15) is 10.2 Å². The molecule has 0 aliphatic heterocycles. The predicted molar refractivity (Wildman–Crippen MR) is 123 cm³/mol. The van der Waals surface area contributed by atoms with Gasteiger partial charge in [-0.25, -0.2) is 19.0 Å². The van der Waals surface area contributed by atoms with Crippen LogP contribution < -0.4 is 10.6 Å². The summed E-state index contributed by atoms with van der Waals surface area (Å²) in [7, 11) is 3.44. The Bertz CT molecular complexity index is 1320. The quantitative estimate of drug-likeness (QED) is 0.468. The number of hydrogen-bond donors (Lipinski definition) is 2. The maximum atomic E-state index is 13.4. The maximum absolute atomic E-state index is 13.4. The molecule has 3 aromatic heterocycles. The number of halogens is 1. The van der Waals surface area contributed by atoms with Crippen LogP contribution in [0.4, 0.5) is 16.0 Å². The minimum absolute atomic E-state index is 0.196. The molecule has 0 aliphatic rings. The maximum Gasteiger partial charge on any atom is 0.254 e. The fourth-order valence-electron chi connectivity index (χ4n) is 3.94. The summed E-state index contributed by atoms with van der Waals surface area (Å²) in [5.74, 6) is 1.24. The molecule has 4 rings (SSSR count). The normalized spacial score (nSPS) is 11.0. The molecule has 1 amide bonds. The lowest BCUT2D eigenvalue weighted by molar-refractivity contribution is 0.0962. The third-order valence-corrected chi connectivity index (χ3v) is 5.48. The van der Waals surface area contributed by atoms with Crippen molar-refractivity contribution < 1.29 is 9.18 Å². The molecular weight excluding hydrogens is 423 g/mol. The van der Waals surface area contributed by atoms with Crippen molar-refractivity contribution in [3.8, 4) is 17.1 Å². The van der Waals surface area contributed by atoms with Crippen LogP contribution in [0.3, 0.4) is 0 Å². The highest BCUT2D eigenvalue weighted by Gasteiger charge is 2.20. The van der Waals surface area contributed by atoms with E-state index < -0.39 is 0 Å². The van der Waals surface area contributed by atoms with Crippen LogP contribution >= 0.6 is 0 Å². The number of carbonyl (C=O) groups excluding carboxylic acids is 1. The van der Waals surface area contributed by atoms with Crippen LogP contribution in [-0.2, 0) is 13.5 Å². The van der Waals surface area contributed by atoms with Crippen molar-refractivity contribution >= 4 is 17.5 Å². The molecule has 0 saturated carbocycles. The number of amides is 1. The molecule has 4 aromatic rings. The van der Waals surface area contributed by atoms with Gasteiger partial charge in [0.1, 0.15) is 18.0 Å². The second kappa shape index (κ2) is 8.81. The van der Waals surface area contributed by atoms with Gasteiger partial charge >= 0.3 is 0 Å². The van der Waals surface area contributed by atoms with E-state index in [1.807, 2.05) is 20.9 Å². The number of rotatable bonds is 6. The van der Waals surface area contributed by atoms with Gasteiger partial charge in [0.25, 0.3) is 5.91 Å². The lowest BCUT2D eigenvalue weighted by atomic mass is 10.1. The third kappa shape index (κ3) is 4.07. The highest BCUT2D eigenvalue weighted by molar-refractivity contribution is 5.96. The molecule has 170 valence electrons. The lowest BCUT2D eigenvalue weighted by Crippen LogP contribution is -2.19. The number of hydrogen-bond acceptors (Lipinski definition) is 6. The number of nitrogens with zero attached hydrogens (tertiary/aromatic N) is 6. The molecule has 0 atom stereocenters. The monoisotopic (exact) mass is 448 g/mol. The van der Waals surface area contributed by atoms with Crippen LogP contribution in [-0.4, -0.2) is 42.5 Å². The van der Waals surface area contributed by atoms with Crippen molar-refractivity contribution in [2.45, 2.75) is 27.2 Å². The van der Waals surface area contributed by atoms with Crippen molar-refractivity contribution in [2.75, 3.05) is 12.4 Å². The topological polar surface area (TPSA) is 103 Å². The molecule has 2 N–H and O–H groups in total. The first kappa shape index (κ1) is 22.1. The Morgan fingerprint density at radius 2 is 1.85 bits per heavy atom. The molecule has 0 saturated heterocycles. The van der Waals surface area contributed by atoms with E-state index in [-0.39, 0.29) is 11.7 Å². The number of aromatic nitrogens is 6. The van der Waals surface area contributed by atoms with Gasteiger partial charge in [-0.1, -0.05) is 6.92 Å². The average Bonchev–Trinajstić information content (AvgIpc) is 3.28. The molecule has 0 fully saturated rings. The molecule has 0 bridgehead atoms. The van der Waals surface area contributed by atoms with Gasteiger partial charge < -0.3 is 10.6 Å². The molecule has 0 aliphatic carbocycles. The SMILES string of the molecule is CCc1c(Nc2cc(-n3nc(C)c(C(=O)NC)c3C)ncn2)nn(C)c1-c1ccc(F)cc1. The van der Waals surface area contributed by atoms with E-state index in [4.69, 9.17) is 0 Å². The smallest absolute Gasteiger partial charge is 0.254 e. The molecule has 0 radical (unpaired) electrons. The summed E-state index contributed by atoms with van der Waals surface area (Å²) in [4.78, 5) is 20.9. The van der Waals surface area contributed by atoms with E-state index in [0.29, 0.717) is 40.8 Å². The fourth-order valence-corrected chi connectivity index (χ4v) is 3.94. The van der Waals surface area contributed by atoms with Gasteiger partial charge in [0, 0.05) is 31.3 Å². The third-order valence-electron chi connectivity index (χ3n) is 5.48. The number of anilines is 2. The number of benzene rings is 1. The molecule has 9 nitrogen and oxygen atoms in total. The first-order valence-corrected chi connectivity index (χ1v) is 10.5. The van der Waals surface area contributed by atoms with E-state index in [1.165, 1.54) is 18.5 Å². The molecule has 33 heavy (non-hydrogen) atoms. The van der Waals surface area contributed by atoms with Crippen molar-refractivity contribution in [1.29, 1.82) is 0 Å². The standard InChI is InChI=1S/C23H25FN8O/c1-6-17-21(15-7-9-16(24)10-8-15)31(5)30-22(17)28-18-11-19(27-12-26-18)32-14(3)20(13(2)29-32)23(33)25-4/h7-12H,6H2,1-5H3,(H,25,33)(H,26,27,28,30). The fraction of sp³-hybridized carbons (Fsp3) is 0.261. The summed E-state index contributed by atoms with van der Waals surface area (Å²) in [5.41, 5.74) is 4.58. The second-order valence-electron chi connectivity index (χ2n) is 7.58. The zero-order valence-corrected chi connectivity index (χ0v) is 19.1. The highest BCUT2D eigenvalue weighted by Crippen LogP contribution is 2.31. The Balaban J connectivity index is 1.70. The summed E-state index contributed by atoms with van der Waals surface area (Å²) < 4.78 is 16.8. The van der Waals surface area contributed by atoms with Crippen LogP contribution in [0, 0.1) is 19.7 Å². The summed E-state index contributed by atoms with van der Waals surface area (Å²) in [6, 6.07) is 8.11. The predicted octanol–water partition coefficient (Wildman–Crippen LogP) is 3.48. The Hall–Kier alpha value is -4.08. The number of aryl methyl sites for hydroxylation is 2. The minimum atomic E-state index is -0.283. The van der Waals surface area contributed by atoms with E-state index >= 15 is 0 Å². The van der Waals surface area contributed by atoms with Gasteiger partial charge in [0.05, 0.1) is 22.6 Å². The van der Waals surface area contributed by atoms with Crippen LogP contribution in [0.15, 0.2) is 36.7 Å². The average molecular weight is 449 g/mol. The van der Waals surface area contributed by atoms with Crippen LogP contribution in [0.25, 0.3) is 17.1 Å². The van der Waals surface area contributed by atoms with Gasteiger partial charge in [0.15, 0.2) is 11.6 Å². The highest BCUT2D eigenvalue weighted by atomic mass is 19.1. The van der Waals surface area contributed by atoms with Crippen LogP contribution in [0.1, 0.15) is 34.2 Å². The Morgan fingerprint density at radius 3 is 2.52 bits per heavy atom. The minimum Gasteiger partial charge on any atom is -0.355 e. The number of carbonyl (C=O) groups is 1. The van der Waals surface area contributed by atoms with Crippen molar-refractivity contribution in [3.05, 3.63) is 65.0 Å². The lowest BCUT2D eigenvalue weighted by Gasteiger charge is -2.08. The summed E-state index contributed by atoms with van der Waals surface area (Å²) in [5, 5.41) is 15.0. The molecule has 0 spiro atoms. The van der Waals surface area contributed by atoms with Crippen molar-refractivity contribution in [1.82, 2.24) is 34.8 Å². The largest absolute Gasteiger partial charge is 0.355 e.